The normalized spacial score (nSPS) is 14.2. The first-order chi connectivity index (χ1) is 10.3. The molecule has 0 aliphatic heterocycles. The minimum atomic E-state index is 0.234. The molecule has 0 heterocycles. The molecule has 1 N–H and O–H groups in total. The van der Waals surface area contributed by atoms with Crippen molar-refractivity contribution in [3.8, 4) is 0 Å². The number of hydrogen-bond acceptors (Lipinski definition) is 2. The third kappa shape index (κ3) is 5.16. The van der Waals surface area contributed by atoms with Gasteiger partial charge in [-0.05, 0) is 31.4 Å². The zero-order valence-corrected chi connectivity index (χ0v) is 12.9. The van der Waals surface area contributed by atoms with Gasteiger partial charge in [-0.25, -0.2) is 0 Å². The molecule has 2 aromatic carbocycles. The van der Waals surface area contributed by atoms with Crippen LogP contribution in [0.4, 0.5) is 0 Å². The second-order valence-electron chi connectivity index (χ2n) is 5.29. The lowest BCUT2D eigenvalue weighted by Gasteiger charge is -2.13. The fraction of sp³-hybridized carbons (Fsp3) is 0.316. The molecule has 2 aromatic rings. The fourth-order valence-electron chi connectivity index (χ4n) is 2.27. The van der Waals surface area contributed by atoms with Crippen molar-refractivity contribution in [2.45, 2.75) is 32.4 Å². The molecular weight excluding hydrogens is 256 g/mol. The quantitative estimate of drug-likeness (QED) is 0.583. The number of benzene rings is 2. The van der Waals surface area contributed by atoms with Crippen molar-refractivity contribution in [1.29, 1.82) is 0 Å². The molecule has 0 fully saturated rings. The van der Waals surface area contributed by atoms with Crippen molar-refractivity contribution in [2.75, 3.05) is 6.54 Å². The van der Waals surface area contributed by atoms with Crippen LogP contribution in [0, 0.1) is 0 Å². The Bertz CT molecular complexity index is 534. The SMILES string of the molecule is C[C@@H](N=CCCN[C@H](C)c1ccccc1)c1ccccc1. The molecule has 0 spiro atoms. The van der Waals surface area contributed by atoms with Gasteiger partial charge in [-0.15, -0.1) is 0 Å². The van der Waals surface area contributed by atoms with E-state index in [2.05, 4.69) is 72.7 Å². The minimum absolute atomic E-state index is 0.234. The number of aliphatic imine (C=N–C) groups is 1. The molecule has 0 saturated heterocycles. The molecule has 2 rings (SSSR count). The van der Waals surface area contributed by atoms with Gasteiger partial charge in [0, 0.05) is 18.8 Å². The van der Waals surface area contributed by atoms with Crippen LogP contribution in [0.2, 0.25) is 0 Å². The molecule has 0 radical (unpaired) electrons. The number of nitrogens with zero attached hydrogens (tertiary/aromatic N) is 1. The summed E-state index contributed by atoms with van der Waals surface area (Å²) >= 11 is 0. The third-order valence-electron chi connectivity index (χ3n) is 3.63. The van der Waals surface area contributed by atoms with Crippen LogP contribution in [0.25, 0.3) is 0 Å². The van der Waals surface area contributed by atoms with Crippen LogP contribution in [-0.2, 0) is 0 Å². The molecule has 0 aromatic heterocycles. The van der Waals surface area contributed by atoms with Crippen molar-refractivity contribution < 1.29 is 0 Å². The van der Waals surface area contributed by atoms with Gasteiger partial charge >= 0.3 is 0 Å². The summed E-state index contributed by atoms with van der Waals surface area (Å²) in [7, 11) is 0. The van der Waals surface area contributed by atoms with Crippen LogP contribution in [0.5, 0.6) is 0 Å². The molecule has 2 atom stereocenters. The summed E-state index contributed by atoms with van der Waals surface area (Å²) in [6.07, 6.45) is 2.98. The van der Waals surface area contributed by atoms with Gasteiger partial charge in [0.1, 0.15) is 0 Å². The van der Waals surface area contributed by atoms with Crippen molar-refractivity contribution in [3.05, 3.63) is 71.8 Å². The van der Waals surface area contributed by atoms with E-state index in [4.69, 9.17) is 0 Å². The van der Waals surface area contributed by atoms with Gasteiger partial charge in [0.05, 0.1) is 6.04 Å². The van der Waals surface area contributed by atoms with Gasteiger partial charge < -0.3 is 5.32 Å². The average molecular weight is 280 g/mol. The monoisotopic (exact) mass is 280 g/mol. The molecule has 0 saturated carbocycles. The first-order valence-corrected chi connectivity index (χ1v) is 7.62. The van der Waals surface area contributed by atoms with E-state index in [0.717, 1.165) is 13.0 Å². The maximum Gasteiger partial charge on any atom is 0.0716 e. The standard InChI is InChI=1S/C19H24N2/c1-16(18-10-5-3-6-11-18)20-14-9-15-21-17(2)19-12-7-4-8-13-19/h3-8,10-14,16-17,21H,9,15H2,1-2H3/t16-,17-/m1/s1. The van der Waals surface area contributed by atoms with Crippen molar-refractivity contribution in [3.63, 3.8) is 0 Å². The van der Waals surface area contributed by atoms with Gasteiger partial charge in [-0.3, -0.25) is 4.99 Å². The zero-order valence-electron chi connectivity index (χ0n) is 12.9. The van der Waals surface area contributed by atoms with Crippen LogP contribution in [-0.4, -0.2) is 12.8 Å². The first-order valence-electron chi connectivity index (χ1n) is 7.62. The predicted octanol–water partition coefficient (Wildman–Crippen LogP) is 4.56. The summed E-state index contributed by atoms with van der Waals surface area (Å²) in [6.45, 7) is 5.27. The van der Waals surface area contributed by atoms with E-state index in [9.17, 15) is 0 Å². The second kappa shape index (κ2) is 8.38. The second-order valence-corrected chi connectivity index (χ2v) is 5.29. The molecular formula is C19H24N2. The van der Waals surface area contributed by atoms with Gasteiger partial charge in [0.15, 0.2) is 0 Å². The molecule has 0 aliphatic rings. The highest BCUT2D eigenvalue weighted by molar-refractivity contribution is 5.58. The summed E-state index contributed by atoms with van der Waals surface area (Å²) in [6, 6.07) is 21.5. The van der Waals surface area contributed by atoms with Crippen LogP contribution < -0.4 is 5.32 Å². The Labute approximate surface area is 127 Å². The molecule has 0 amide bonds. The topological polar surface area (TPSA) is 24.4 Å². The van der Waals surface area contributed by atoms with Crippen LogP contribution in [0.3, 0.4) is 0 Å². The van der Waals surface area contributed by atoms with Gasteiger partial charge in [0.25, 0.3) is 0 Å². The van der Waals surface area contributed by atoms with E-state index in [-0.39, 0.29) is 6.04 Å². The maximum absolute atomic E-state index is 4.60. The minimum Gasteiger partial charge on any atom is -0.310 e. The smallest absolute Gasteiger partial charge is 0.0716 e. The summed E-state index contributed by atoms with van der Waals surface area (Å²) in [5.41, 5.74) is 2.59. The lowest BCUT2D eigenvalue weighted by molar-refractivity contribution is 0.587. The van der Waals surface area contributed by atoms with Crippen molar-refractivity contribution in [2.24, 2.45) is 4.99 Å². The lowest BCUT2D eigenvalue weighted by atomic mass is 10.1. The molecule has 21 heavy (non-hydrogen) atoms. The zero-order chi connectivity index (χ0) is 14.9. The first kappa shape index (κ1) is 15.5. The van der Waals surface area contributed by atoms with E-state index in [1.807, 2.05) is 18.3 Å². The maximum atomic E-state index is 4.60. The average Bonchev–Trinajstić information content (AvgIpc) is 2.55. The Balaban J connectivity index is 1.71. The van der Waals surface area contributed by atoms with E-state index in [0.29, 0.717) is 6.04 Å². The number of rotatable bonds is 7. The Hall–Kier alpha value is -1.93. The van der Waals surface area contributed by atoms with Gasteiger partial charge in [0.2, 0.25) is 0 Å². The van der Waals surface area contributed by atoms with Gasteiger partial charge in [-0.1, -0.05) is 60.7 Å². The fourth-order valence-corrected chi connectivity index (χ4v) is 2.27. The lowest BCUT2D eigenvalue weighted by Crippen LogP contribution is -2.20. The number of hydrogen-bond donors (Lipinski definition) is 1. The predicted molar refractivity (Wildman–Crippen MR) is 90.8 cm³/mol. The molecule has 0 aliphatic carbocycles. The van der Waals surface area contributed by atoms with Crippen LogP contribution in [0.15, 0.2) is 65.7 Å². The molecule has 0 bridgehead atoms. The highest BCUT2D eigenvalue weighted by Gasteiger charge is 2.02. The van der Waals surface area contributed by atoms with Gasteiger partial charge in [-0.2, -0.15) is 0 Å². The third-order valence-corrected chi connectivity index (χ3v) is 3.63. The van der Waals surface area contributed by atoms with E-state index < -0.39 is 0 Å². The highest BCUT2D eigenvalue weighted by Crippen LogP contribution is 2.15. The van der Waals surface area contributed by atoms with Crippen molar-refractivity contribution in [1.82, 2.24) is 5.32 Å². The largest absolute Gasteiger partial charge is 0.310 e. The summed E-state index contributed by atoms with van der Waals surface area (Å²) in [4.78, 5) is 4.60. The Kier molecular flexibility index (Phi) is 6.17. The highest BCUT2D eigenvalue weighted by atomic mass is 14.9. The molecule has 110 valence electrons. The molecule has 0 unspecified atom stereocenters. The van der Waals surface area contributed by atoms with Crippen LogP contribution >= 0.6 is 0 Å². The summed E-state index contributed by atoms with van der Waals surface area (Å²) in [5.74, 6) is 0. The molecule has 2 nitrogen and oxygen atoms in total. The Morgan fingerprint density at radius 2 is 1.48 bits per heavy atom. The van der Waals surface area contributed by atoms with E-state index in [1.54, 1.807) is 0 Å². The number of nitrogens with one attached hydrogen (secondary N) is 1. The Morgan fingerprint density at radius 1 is 0.905 bits per heavy atom. The van der Waals surface area contributed by atoms with Crippen molar-refractivity contribution >= 4 is 6.21 Å². The molecule has 2 heteroatoms. The van der Waals surface area contributed by atoms with E-state index in [1.165, 1.54) is 11.1 Å². The van der Waals surface area contributed by atoms with Crippen LogP contribution in [0.1, 0.15) is 43.5 Å². The Morgan fingerprint density at radius 3 is 2.10 bits per heavy atom. The summed E-state index contributed by atoms with van der Waals surface area (Å²) in [5, 5.41) is 3.52. The van der Waals surface area contributed by atoms with E-state index >= 15 is 0 Å². The summed E-state index contributed by atoms with van der Waals surface area (Å²) < 4.78 is 0.